The Labute approximate surface area is 115 Å². The minimum Gasteiger partial charge on any atom is -0.381 e. The van der Waals surface area contributed by atoms with Gasteiger partial charge in [-0.2, -0.15) is 4.98 Å². The van der Waals surface area contributed by atoms with Crippen molar-refractivity contribution in [1.29, 1.82) is 0 Å². The van der Waals surface area contributed by atoms with Gasteiger partial charge in [-0.25, -0.2) is 4.98 Å². The van der Waals surface area contributed by atoms with Crippen molar-refractivity contribution in [3.63, 3.8) is 0 Å². The summed E-state index contributed by atoms with van der Waals surface area (Å²) in [6, 6.07) is 0. The molecular formula is C14H24N4O. The van der Waals surface area contributed by atoms with Crippen LogP contribution in [0.1, 0.15) is 38.7 Å². The number of aryl methyl sites for hydroxylation is 1. The van der Waals surface area contributed by atoms with E-state index < -0.39 is 0 Å². The number of hydrogen-bond acceptors (Lipinski definition) is 5. The second kappa shape index (κ2) is 6.19. The smallest absolute Gasteiger partial charge is 0.224 e. The van der Waals surface area contributed by atoms with Crippen molar-refractivity contribution in [2.24, 2.45) is 0 Å². The number of anilines is 2. The van der Waals surface area contributed by atoms with Crippen molar-refractivity contribution < 1.29 is 4.74 Å². The molecule has 1 fully saturated rings. The first kappa shape index (κ1) is 14.1. The number of aromatic nitrogens is 2. The Kier molecular flexibility index (Phi) is 4.58. The van der Waals surface area contributed by atoms with E-state index in [9.17, 15) is 0 Å². The molecule has 2 N–H and O–H groups in total. The molecule has 1 aliphatic rings. The van der Waals surface area contributed by atoms with E-state index in [1.165, 1.54) is 0 Å². The quantitative estimate of drug-likeness (QED) is 0.856. The van der Waals surface area contributed by atoms with Gasteiger partial charge in [-0.3, -0.25) is 0 Å². The average molecular weight is 264 g/mol. The molecule has 0 spiro atoms. The molecule has 1 aliphatic heterocycles. The predicted octanol–water partition coefficient (Wildman–Crippen LogP) is 2.59. The summed E-state index contributed by atoms with van der Waals surface area (Å²) in [5.74, 6) is 1.63. The Morgan fingerprint density at radius 1 is 1.37 bits per heavy atom. The molecule has 0 radical (unpaired) electrons. The van der Waals surface area contributed by atoms with Crippen molar-refractivity contribution in [2.45, 2.75) is 45.6 Å². The molecular weight excluding hydrogens is 240 g/mol. The summed E-state index contributed by atoms with van der Waals surface area (Å²) in [5, 5.41) is 6.80. The highest BCUT2D eigenvalue weighted by molar-refractivity contribution is 5.48. The van der Waals surface area contributed by atoms with E-state index in [0.29, 0.717) is 5.95 Å². The molecule has 0 saturated carbocycles. The first-order chi connectivity index (χ1) is 9.13. The molecule has 1 aromatic heterocycles. The van der Waals surface area contributed by atoms with Gasteiger partial charge < -0.3 is 15.4 Å². The molecule has 0 unspecified atom stereocenters. The van der Waals surface area contributed by atoms with Crippen LogP contribution in [0.5, 0.6) is 0 Å². The fourth-order valence-corrected chi connectivity index (χ4v) is 2.12. The molecule has 2 heterocycles. The van der Waals surface area contributed by atoms with Gasteiger partial charge in [0.05, 0.1) is 0 Å². The summed E-state index contributed by atoms with van der Waals surface area (Å²) in [7, 11) is 0. The minimum atomic E-state index is 0.0688. The zero-order chi connectivity index (χ0) is 13.7. The van der Waals surface area contributed by atoms with Gasteiger partial charge in [0.25, 0.3) is 0 Å². The van der Waals surface area contributed by atoms with Crippen molar-refractivity contribution in [1.82, 2.24) is 9.97 Å². The van der Waals surface area contributed by atoms with E-state index in [0.717, 1.165) is 50.4 Å². The van der Waals surface area contributed by atoms with Gasteiger partial charge in [-0.15, -0.1) is 0 Å². The first-order valence-electron chi connectivity index (χ1n) is 7.06. The molecule has 0 atom stereocenters. The first-order valence-corrected chi connectivity index (χ1v) is 7.06. The third-order valence-electron chi connectivity index (χ3n) is 3.52. The Morgan fingerprint density at radius 2 is 2.11 bits per heavy atom. The molecule has 1 aromatic rings. The van der Waals surface area contributed by atoms with E-state index >= 15 is 0 Å². The maximum atomic E-state index is 5.42. The number of ether oxygens (including phenoxy) is 1. The summed E-state index contributed by atoms with van der Waals surface area (Å²) in [6.07, 6.45) is 4.95. The number of hydrogen-bond donors (Lipinski definition) is 2. The third-order valence-corrected chi connectivity index (χ3v) is 3.52. The number of nitrogens with one attached hydrogen (secondary N) is 2. The highest BCUT2D eigenvalue weighted by atomic mass is 16.5. The standard InChI is InChI=1S/C14H24N4O/c1-4-7-15-13-16-10-11(2)12(17-13)18-14(3)5-8-19-9-6-14/h10H,4-9H2,1-3H3,(H2,15,16,17,18). The lowest BCUT2D eigenvalue weighted by Gasteiger charge is -2.35. The third kappa shape index (κ3) is 3.80. The van der Waals surface area contributed by atoms with Gasteiger partial charge in [-0.1, -0.05) is 6.92 Å². The normalized spacial score (nSPS) is 18.1. The fourth-order valence-electron chi connectivity index (χ4n) is 2.12. The van der Waals surface area contributed by atoms with Crippen LogP contribution in [0.15, 0.2) is 6.20 Å². The number of nitrogens with zero attached hydrogens (tertiary/aromatic N) is 2. The Hall–Kier alpha value is -1.36. The van der Waals surface area contributed by atoms with Gasteiger partial charge in [0, 0.05) is 37.1 Å². The molecule has 2 rings (SSSR count). The molecule has 0 bridgehead atoms. The molecule has 1 saturated heterocycles. The van der Waals surface area contributed by atoms with E-state index in [1.807, 2.05) is 13.1 Å². The molecule has 0 aromatic carbocycles. The zero-order valence-electron chi connectivity index (χ0n) is 12.1. The van der Waals surface area contributed by atoms with Crippen molar-refractivity contribution in [3.8, 4) is 0 Å². The monoisotopic (exact) mass is 264 g/mol. The van der Waals surface area contributed by atoms with Gasteiger partial charge in [0.1, 0.15) is 5.82 Å². The van der Waals surface area contributed by atoms with Gasteiger partial charge in [0.15, 0.2) is 0 Å². The molecule has 19 heavy (non-hydrogen) atoms. The van der Waals surface area contributed by atoms with Gasteiger partial charge >= 0.3 is 0 Å². The van der Waals surface area contributed by atoms with E-state index in [1.54, 1.807) is 0 Å². The lowest BCUT2D eigenvalue weighted by Crippen LogP contribution is -2.41. The fraction of sp³-hybridized carbons (Fsp3) is 0.714. The number of rotatable bonds is 5. The molecule has 5 heteroatoms. The predicted molar refractivity (Wildman–Crippen MR) is 77.6 cm³/mol. The van der Waals surface area contributed by atoms with Crippen LogP contribution in [0.25, 0.3) is 0 Å². The summed E-state index contributed by atoms with van der Waals surface area (Å²) in [5.41, 5.74) is 1.15. The van der Waals surface area contributed by atoms with Crippen LogP contribution >= 0.6 is 0 Å². The zero-order valence-corrected chi connectivity index (χ0v) is 12.1. The van der Waals surface area contributed by atoms with Crippen LogP contribution in [-0.4, -0.2) is 35.3 Å². The van der Waals surface area contributed by atoms with Crippen molar-refractivity contribution >= 4 is 11.8 Å². The van der Waals surface area contributed by atoms with Crippen molar-refractivity contribution in [2.75, 3.05) is 30.4 Å². The van der Waals surface area contributed by atoms with Crippen molar-refractivity contribution in [3.05, 3.63) is 11.8 Å². The maximum Gasteiger partial charge on any atom is 0.224 e. The van der Waals surface area contributed by atoms with E-state index in [-0.39, 0.29) is 5.54 Å². The van der Waals surface area contributed by atoms with Crippen LogP contribution in [-0.2, 0) is 4.74 Å². The maximum absolute atomic E-state index is 5.42. The van der Waals surface area contributed by atoms with Crippen LogP contribution < -0.4 is 10.6 Å². The molecule has 106 valence electrons. The van der Waals surface area contributed by atoms with Crippen LogP contribution in [0.4, 0.5) is 11.8 Å². The van der Waals surface area contributed by atoms with E-state index in [2.05, 4.69) is 34.4 Å². The lowest BCUT2D eigenvalue weighted by molar-refractivity contribution is 0.0657. The van der Waals surface area contributed by atoms with Crippen LogP contribution in [0.3, 0.4) is 0 Å². The van der Waals surface area contributed by atoms with Crippen LogP contribution in [0, 0.1) is 6.92 Å². The molecule has 0 amide bonds. The molecule has 0 aliphatic carbocycles. The summed E-state index contributed by atoms with van der Waals surface area (Å²) in [6.45, 7) is 8.92. The molecule has 5 nitrogen and oxygen atoms in total. The summed E-state index contributed by atoms with van der Waals surface area (Å²) < 4.78 is 5.42. The minimum absolute atomic E-state index is 0.0688. The van der Waals surface area contributed by atoms with Crippen LogP contribution in [0.2, 0.25) is 0 Å². The second-order valence-corrected chi connectivity index (χ2v) is 5.45. The highest BCUT2D eigenvalue weighted by Gasteiger charge is 2.28. The Balaban J connectivity index is 2.09. The second-order valence-electron chi connectivity index (χ2n) is 5.45. The Bertz CT molecular complexity index is 416. The largest absolute Gasteiger partial charge is 0.381 e. The highest BCUT2D eigenvalue weighted by Crippen LogP contribution is 2.26. The Morgan fingerprint density at radius 3 is 2.79 bits per heavy atom. The van der Waals surface area contributed by atoms with Gasteiger partial charge in [0.2, 0.25) is 5.95 Å². The lowest BCUT2D eigenvalue weighted by atomic mass is 9.92. The SMILES string of the molecule is CCCNc1ncc(C)c(NC2(C)CCOCC2)n1. The van der Waals surface area contributed by atoms with Gasteiger partial charge in [-0.05, 0) is 33.1 Å². The summed E-state index contributed by atoms with van der Waals surface area (Å²) in [4.78, 5) is 8.88. The van der Waals surface area contributed by atoms with E-state index in [4.69, 9.17) is 4.74 Å². The average Bonchev–Trinajstić information content (AvgIpc) is 2.40. The topological polar surface area (TPSA) is 59.1 Å². The summed E-state index contributed by atoms with van der Waals surface area (Å²) >= 11 is 0.